The number of anilines is 3. The molecular formula is C28H25Cl2N3O4. The van der Waals surface area contributed by atoms with Gasteiger partial charge in [-0.1, -0.05) is 54.7 Å². The molecule has 0 fully saturated rings. The molecule has 1 heterocycles. The molecule has 2 N–H and O–H groups in total. The summed E-state index contributed by atoms with van der Waals surface area (Å²) in [6.07, 6.45) is 3.24. The zero-order valence-electron chi connectivity index (χ0n) is 20.3. The molecule has 0 bridgehead atoms. The predicted molar refractivity (Wildman–Crippen MR) is 146 cm³/mol. The summed E-state index contributed by atoms with van der Waals surface area (Å²) >= 11 is 12.3. The lowest BCUT2D eigenvalue weighted by molar-refractivity contribution is -0.120. The van der Waals surface area contributed by atoms with E-state index < -0.39 is 11.8 Å². The molecule has 1 aliphatic heterocycles. The molecule has 3 aromatic carbocycles. The number of hydrogen-bond acceptors (Lipinski definition) is 5. The highest BCUT2D eigenvalue weighted by molar-refractivity contribution is 6.53. The van der Waals surface area contributed by atoms with Gasteiger partial charge in [-0.15, -0.1) is 0 Å². The van der Waals surface area contributed by atoms with Gasteiger partial charge in [-0.25, -0.2) is 4.90 Å². The van der Waals surface area contributed by atoms with Crippen molar-refractivity contribution in [3.8, 4) is 5.75 Å². The van der Waals surface area contributed by atoms with Gasteiger partial charge >= 0.3 is 0 Å². The number of carbonyl (C=O) groups is 3. The Morgan fingerprint density at radius 1 is 0.946 bits per heavy atom. The van der Waals surface area contributed by atoms with Gasteiger partial charge in [0.2, 0.25) is 0 Å². The van der Waals surface area contributed by atoms with Gasteiger partial charge in [0.25, 0.3) is 17.7 Å². The Labute approximate surface area is 225 Å². The molecule has 4 rings (SSSR count). The average molecular weight is 538 g/mol. The highest BCUT2D eigenvalue weighted by atomic mass is 35.5. The first-order valence-electron chi connectivity index (χ1n) is 11.7. The number of rotatable bonds is 9. The van der Waals surface area contributed by atoms with E-state index in [9.17, 15) is 14.4 Å². The number of halogens is 2. The van der Waals surface area contributed by atoms with Gasteiger partial charge in [-0.2, -0.15) is 0 Å². The fourth-order valence-electron chi connectivity index (χ4n) is 3.89. The molecule has 3 aromatic rings. The molecular weight excluding hydrogens is 513 g/mol. The van der Waals surface area contributed by atoms with E-state index in [1.165, 1.54) is 18.7 Å². The van der Waals surface area contributed by atoms with Gasteiger partial charge < -0.3 is 15.4 Å². The summed E-state index contributed by atoms with van der Waals surface area (Å²) in [5.41, 5.74) is 2.73. The number of methoxy groups -OCH3 is 1. The second-order valence-electron chi connectivity index (χ2n) is 8.41. The fraction of sp³-hybridized carbons (Fsp3) is 0.179. The quantitative estimate of drug-likeness (QED) is 0.309. The summed E-state index contributed by atoms with van der Waals surface area (Å²) in [6.45, 7) is 2.15. The molecule has 0 unspecified atom stereocenters. The van der Waals surface area contributed by atoms with Crippen LogP contribution < -0.4 is 20.3 Å². The summed E-state index contributed by atoms with van der Waals surface area (Å²) in [7, 11) is 1.42. The number of amides is 3. The van der Waals surface area contributed by atoms with E-state index in [4.69, 9.17) is 27.9 Å². The van der Waals surface area contributed by atoms with Crippen molar-refractivity contribution in [3.05, 3.63) is 93.6 Å². The maximum atomic E-state index is 13.2. The van der Waals surface area contributed by atoms with Crippen LogP contribution in [0.2, 0.25) is 5.02 Å². The zero-order chi connectivity index (χ0) is 26.5. The Kier molecular flexibility index (Phi) is 8.16. The molecule has 0 atom stereocenters. The third-order valence-corrected chi connectivity index (χ3v) is 6.42. The lowest BCUT2D eigenvalue weighted by Gasteiger charge is -2.18. The van der Waals surface area contributed by atoms with E-state index in [0.29, 0.717) is 22.0 Å². The monoisotopic (exact) mass is 537 g/mol. The van der Waals surface area contributed by atoms with Crippen LogP contribution in [0.25, 0.3) is 0 Å². The Morgan fingerprint density at radius 3 is 2.41 bits per heavy atom. The maximum Gasteiger partial charge on any atom is 0.283 e. The molecule has 37 heavy (non-hydrogen) atoms. The van der Waals surface area contributed by atoms with E-state index in [-0.39, 0.29) is 28.1 Å². The normalized spacial score (nSPS) is 13.2. The molecule has 0 saturated heterocycles. The van der Waals surface area contributed by atoms with Crippen molar-refractivity contribution in [1.82, 2.24) is 0 Å². The first kappa shape index (κ1) is 26.3. The Balaban J connectivity index is 1.50. The molecule has 0 spiro atoms. The van der Waals surface area contributed by atoms with Crippen LogP contribution in [0.3, 0.4) is 0 Å². The number of benzene rings is 3. The highest BCUT2D eigenvalue weighted by Gasteiger charge is 2.40. The molecule has 190 valence electrons. The van der Waals surface area contributed by atoms with Crippen LogP contribution in [-0.2, 0) is 16.0 Å². The van der Waals surface area contributed by atoms with Crippen LogP contribution in [0.4, 0.5) is 17.1 Å². The summed E-state index contributed by atoms with van der Waals surface area (Å²) in [6, 6.07) is 18.9. The summed E-state index contributed by atoms with van der Waals surface area (Å²) in [4.78, 5) is 39.8. The van der Waals surface area contributed by atoms with Gasteiger partial charge in [0, 0.05) is 22.0 Å². The van der Waals surface area contributed by atoms with E-state index >= 15 is 0 Å². The minimum Gasteiger partial charge on any atom is -0.495 e. The average Bonchev–Trinajstić information content (AvgIpc) is 3.11. The minimum atomic E-state index is -0.717. The van der Waals surface area contributed by atoms with E-state index in [0.717, 1.165) is 24.2 Å². The molecule has 3 amide bonds. The lowest BCUT2D eigenvalue weighted by atomic mass is 10.1. The van der Waals surface area contributed by atoms with E-state index in [1.807, 2.05) is 24.3 Å². The largest absolute Gasteiger partial charge is 0.495 e. The van der Waals surface area contributed by atoms with Crippen LogP contribution in [-0.4, -0.2) is 24.8 Å². The lowest BCUT2D eigenvalue weighted by Crippen LogP contribution is -2.32. The van der Waals surface area contributed by atoms with Crippen molar-refractivity contribution >= 4 is 58.0 Å². The van der Waals surface area contributed by atoms with Crippen molar-refractivity contribution < 1.29 is 19.1 Å². The summed E-state index contributed by atoms with van der Waals surface area (Å²) in [5, 5.41) is 5.80. The van der Waals surface area contributed by atoms with Gasteiger partial charge in [-0.3, -0.25) is 14.4 Å². The van der Waals surface area contributed by atoms with Gasteiger partial charge in [0.05, 0.1) is 12.8 Å². The number of nitrogens with one attached hydrogen (secondary N) is 2. The number of unbranched alkanes of at least 4 members (excludes halogenated alkanes) is 1. The number of aryl methyl sites for hydroxylation is 1. The SMILES string of the molecule is CCCCc1ccc(NC(=O)c2cccc(NC3=C(Cl)C(=O)N(c4cc(Cl)ccc4OC)C3=O)c2)cc1. The highest BCUT2D eigenvalue weighted by Crippen LogP contribution is 2.37. The first-order valence-corrected chi connectivity index (χ1v) is 12.5. The molecule has 7 nitrogen and oxygen atoms in total. The standard InChI is InChI=1S/C28H25Cl2N3O4/c1-3-4-6-17-9-12-20(13-10-17)32-26(34)18-7-5-8-21(15-18)31-25-24(30)27(35)33(28(25)36)22-16-19(29)11-14-23(22)37-2/h5,7-16,31H,3-4,6H2,1-2H3,(H,32,34). The van der Waals surface area contributed by atoms with Crippen LogP contribution >= 0.6 is 23.2 Å². The molecule has 9 heteroatoms. The van der Waals surface area contributed by atoms with Crippen LogP contribution in [0.15, 0.2) is 77.5 Å². The zero-order valence-corrected chi connectivity index (χ0v) is 21.8. The summed E-state index contributed by atoms with van der Waals surface area (Å²) in [5.74, 6) is -1.42. The minimum absolute atomic E-state index is 0.117. The number of nitrogens with zero attached hydrogens (tertiary/aromatic N) is 1. The molecule has 0 aliphatic carbocycles. The van der Waals surface area contributed by atoms with E-state index in [1.54, 1.807) is 36.4 Å². The Bertz CT molecular complexity index is 1390. The smallest absolute Gasteiger partial charge is 0.283 e. The van der Waals surface area contributed by atoms with Crippen LogP contribution in [0.5, 0.6) is 5.75 Å². The number of imide groups is 1. The first-order chi connectivity index (χ1) is 17.8. The van der Waals surface area contributed by atoms with Gasteiger partial charge in [0.15, 0.2) is 0 Å². The molecule has 0 saturated carbocycles. The van der Waals surface area contributed by atoms with E-state index in [2.05, 4.69) is 17.6 Å². The number of hydrogen-bond donors (Lipinski definition) is 2. The van der Waals surface area contributed by atoms with Gasteiger partial charge in [0.1, 0.15) is 16.5 Å². The van der Waals surface area contributed by atoms with Crippen molar-refractivity contribution in [3.63, 3.8) is 0 Å². The second-order valence-corrected chi connectivity index (χ2v) is 9.23. The molecule has 1 aliphatic rings. The molecule has 0 radical (unpaired) electrons. The van der Waals surface area contributed by atoms with Crippen molar-refractivity contribution in [2.45, 2.75) is 26.2 Å². The van der Waals surface area contributed by atoms with Crippen molar-refractivity contribution in [2.75, 3.05) is 22.6 Å². The molecule has 0 aromatic heterocycles. The second kappa shape index (κ2) is 11.5. The van der Waals surface area contributed by atoms with Crippen LogP contribution in [0, 0.1) is 0 Å². The Hall–Kier alpha value is -3.81. The van der Waals surface area contributed by atoms with Crippen LogP contribution in [0.1, 0.15) is 35.7 Å². The number of carbonyl (C=O) groups excluding carboxylic acids is 3. The third kappa shape index (κ3) is 5.79. The summed E-state index contributed by atoms with van der Waals surface area (Å²) < 4.78 is 5.28. The maximum absolute atomic E-state index is 13.2. The fourth-order valence-corrected chi connectivity index (χ4v) is 4.27. The Morgan fingerprint density at radius 2 is 1.70 bits per heavy atom. The third-order valence-electron chi connectivity index (χ3n) is 5.83. The number of ether oxygens (including phenoxy) is 1. The topological polar surface area (TPSA) is 87.7 Å². The predicted octanol–water partition coefficient (Wildman–Crippen LogP) is 6.38. The van der Waals surface area contributed by atoms with Crippen molar-refractivity contribution in [2.24, 2.45) is 0 Å². The van der Waals surface area contributed by atoms with Gasteiger partial charge in [-0.05, 0) is 66.9 Å². The van der Waals surface area contributed by atoms with Crippen molar-refractivity contribution in [1.29, 1.82) is 0 Å².